The normalized spacial score (nSPS) is 11.1. The van der Waals surface area contributed by atoms with Crippen molar-refractivity contribution in [2.75, 3.05) is 26.8 Å². The van der Waals surface area contributed by atoms with Crippen LogP contribution in [0.1, 0.15) is 33.6 Å². The molecule has 0 aliphatic rings. The van der Waals surface area contributed by atoms with Crippen molar-refractivity contribution in [2.24, 2.45) is 0 Å². The Bertz CT molecular complexity index is 899. The van der Waals surface area contributed by atoms with E-state index in [2.05, 4.69) is 55.2 Å². The molecule has 0 spiro atoms. The van der Waals surface area contributed by atoms with E-state index >= 15 is 0 Å². The van der Waals surface area contributed by atoms with Gasteiger partial charge in [-0.25, -0.2) is 0 Å². The summed E-state index contributed by atoms with van der Waals surface area (Å²) in [5.74, 6) is 0.0355. The third-order valence-corrected chi connectivity index (χ3v) is 4.91. The van der Waals surface area contributed by atoms with Crippen molar-refractivity contribution < 1.29 is 9.53 Å². The summed E-state index contributed by atoms with van der Waals surface area (Å²) in [6.07, 6.45) is 1.89. The molecule has 0 aliphatic carbocycles. The van der Waals surface area contributed by atoms with Gasteiger partial charge >= 0.3 is 0 Å². The molecule has 0 aliphatic heterocycles. The van der Waals surface area contributed by atoms with Crippen LogP contribution in [0.3, 0.4) is 0 Å². The van der Waals surface area contributed by atoms with Gasteiger partial charge in [-0.15, -0.1) is 0 Å². The fourth-order valence-electron chi connectivity index (χ4n) is 3.52. The largest absolute Gasteiger partial charge is 0.383 e. The van der Waals surface area contributed by atoms with E-state index in [0.717, 1.165) is 23.7 Å². The Balaban J connectivity index is 1.73. The van der Waals surface area contributed by atoms with Crippen molar-refractivity contribution in [3.63, 3.8) is 0 Å². The summed E-state index contributed by atoms with van der Waals surface area (Å²) in [6, 6.07) is 16.6. The lowest BCUT2D eigenvalue weighted by Gasteiger charge is -2.22. The van der Waals surface area contributed by atoms with Crippen LogP contribution in [-0.4, -0.2) is 42.6 Å². The Labute approximate surface area is 161 Å². The first-order chi connectivity index (χ1) is 13.1. The molecule has 1 N–H and O–H groups in total. The highest BCUT2D eigenvalue weighted by atomic mass is 16.5. The van der Waals surface area contributed by atoms with E-state index < -0.39 is 0 Å². The summed E-state index contributed by atoms with van der Waals surface area (Å²) in [6.45, 7) is 6.00. The van der Waals surface area contributed by atoms with Crippen LogP contribution in [0.5, 0.6) is 0 Å². The van der Waals surface area contributed by atoms with Crippen LogP contribution in [0.15, 0.2) is 48.5 Å². The second-order valence-electron chi connectivity index (χ2n) is 7.10. The predicted molar refractivity (Wildman–Crippen MR) is 110 cm³/mol. The SMILES string of the molecule is COCCN(CCCc1ccccc1)C(=O)c1cc2c(C)cc(C)cc2[nH]1. The maximum atomic E-state index is 13.1. The van der Waals surface area contributed by atoms with E-state index in [9.17, 15) is 4.79 Å². The molecule has 0 unspecified atom stereocenters. The van der Waals surface area contributed by atoms with Crippen molar-refractivity contribution in [3.05, 3.63) is 70.9 Å². The van der Waals surface area contributed by atoms with Crippen molar-refractivity contribution in [3.8, 4) is 0 Å². The number of aromatic amines is 1. The minimum absolute atomic E-state index is 0.0355. The van der Waals surface area contributed by atoms with E-state index in [4.69, 9.17) is 4.74 Å². The van der Waals surface area contributed by atoms with Crippen LogP contribution in [0, 0.1) is 13.8 Å². The highest BCUT2D eigenvalue weighted by Gasteiger charge is 2.18. The molecule has 1 amide bonds. The van der Waals surface area contributed by atoms with Crippen molar-refractivity contribution in [1.29, 1.82) is 0 Å². The molecule has 0 saturated carbocycles. The maximum absolute atomic E-state index is 13.1. The molecule has 3 aromatic rings. The van der Waals surface area contributed by atoms with E-state index in [0.29, 0.717) is 25.4 Å². The van der Waals surface area contributed by atoms with E-state index in [1.807, 2.05) is 17.0 Å². The molecule has 0 bridgehead atoms. The molecule has 0 atom stereocenters. The minimum atomic E-state index is 0.0355. The Kier molecular flexibility index (Phi) is 6.30. The van der Waals surface area contributed by atoms with Gasteiger partial charge in [0.15, 0.2) is 0 Å². The highest BCUT2D eigenvalue weighted by molar-refractivity contribution is 5.99. The summed E-state index contributed by atoms with van der Waals surface area (Å²) >= 11 is 0. The summed E-state index contributed by atoms with van der Waals surface area (Å²) < 4.78 is 5.21. The predicted octanol–water partition coefficient (Wildman–Crippen LogP) is 4.51. The standard InChI is InChI=1S/C23H28N2O2/c1-17-14-18(2)20-16-22(24-21(20)15-17)23(26)25(12-13-27-3)11-7-10-19-8-5-4-6-9-19/h4-6,8-9,14-16,24H,7,10-13H2,1-3H3. The average Bonchev–Trinajstić information content (AvgIpc) is 3.09. The number of fused-ring (bicyclic) bond motifs is 1. The molecule has 3 rings (SSSR count). The fourth-order valence-corrected chi connectivity index (χ4v) is 3.52. The topological polar surface area (TPSA) is 45.3 Å². The summed E-state index contributed by atoms with van der Waals surface area (Å²) in [5.41, 5.74) is 5.35. The average molecular weight is 364 g/mol. The molecule has 27 heavy (non-hydrogen) atoms. The number of nitrogens with zero attached hydrogens (tertiary/aromatic N) is 1. The number of nitrogens with one attached hydrogen (secondary N) is 1. The lowest BCUT2D eigenvalue weighted by molar-refractivity contribution is 0.0688. The van der Waals surface area contributed by atoms with Crippen molar-refractivity contribution in [2.45, 2.75) is 26.7 Å². The molecule has 4 heteroatoms. The van der Waals surface area contributed by atoms with Gasteiger partial charge in [-0.05, 0) is 55.5 Å². The Morgan fingerprint density at radius 2 is 1.85 bits per heavy atom. The highest BCUT2D eigenvalue weighted by Crippen LogP contribution is 2.22. The van der Waals surface area contributed by atoms with Gasteiger partial charge in [0.1, 0.15) is 5.69 Å². The summed E-state index contributed by atoms with van der Waals surface area (Å²) in [5, 5.41) is 1.11. The van der Waals surface area contributed by atoms with Gasteiger partial charge in [-0.2, -0.15) is 0 Å². The fraction of sp³-hybridized carbons (Fsp3) is 0.348. The van der Waals surface area contributed by atoms with Gasteiger partial charge in [0, 0.05) is 31.1 Å². The van der Waals surface area contributed by atoms with Crippen LogP contribution in [-0.2, 0) is 11.2 Å². The quantitative estimate of drug-likeness (QED) is 0.639. The number of ether oxygens (including phenoxy) is 1. The minimum Gasteiger partial charge on any atom is -0.383 e. The second kappa shape index (κ2) is 8.87. The first-order valence-electron chi connectivity index (χ1n) is 9.50. The number of methoxy groups -OCH3 is 1. The van der Waals surface area contributed by atoms with Gasteiger partial charge in [0.2, 0.25) is 0 Å². The number of benzene rings is 2. The lowest BCUT2D eigenvalue weighted by atomic mass is 10.1. The molecule has 0 radical (unpaired) electrons. The van der Waals surface area contributed by atoms with Crippen LogP contribution in [0.4, 0.5) is 0 Å². The number of hydrogen-bond acceptors (Lipinski definition) is 2. The molecule has 4 nitrogen and oxygen atoms in total. The van der Waals surface area contributed by atoms with Gasteiger partial charge in [-0.3, -0.25) is 4.79 Å². The van der Waals surface area contributed by atoms with Crippen LogP contribution in [0.2, 0.25) is 0 Å². The van der Waals surface area contributed by atoms with Gasteiger partial charge in [0.25, 0.3) is 5.91 Å². The number of hydrogen-bond donors (Lipinski definition) is 1. The zero-order valence-electron chi connectivity index (χ0n) is 16.4. The molecule has 1 aromatic heterocycles. The van der Waals surface area contributed by atoms with Crippen molar-refractivity contribution in [1.82, 2.24) is 9.88 Å². The van der Waals surface area contributed by atoms with Crippen LogP contribution >= 0.6 is 0 Å². The molecular weight excluding hydrogens is 336 g/mol. The first-order valence-corrected chi connectivity index (χ1v) is 9.50. The number of rotatable bonds is 8. The third-order valence-electron chi connectivity index (χ3n) is 4.91. The molecule has 142 valence electrons. The number of carbonyl (C=O) groups excluding carboxylic acids is 1. The molecule has 1 heterocycles. The van der Waals surface area contributed by atoms with Gasteiger partial charge in [0.05, 0.1) is 6.61 Å². The Morgan fingerprint density at radius 3 is 2.59 bits per heavy atom. The Morgan fingerprint density at radius 1 is 1.07 bits per heavy atom. The first kappa shape index (κ1) is 19.2. The van der Waals surface area contributed by atoms with E-state index in [-0.39, 0.29) is 5.91 Å². The monoisotopic (exact) mass is 364 g/mol. The van der Waals surface area contributed by atoms with Crippen molar-refractivity contribution >= 4 is 16.8 Å². The number of aryl methyl sites for hydroxylation is 3. The summed E-state index contributed by atoms with van der Waals surface area (Å²) in [7, 11) is 1.67. The van der Waals surface area contributed by atoms with E-state index in [1.54, 1.807) is 7.11 Å². The van der Waals surface area contributed by atoms with Gasteiger partial charge in [-0.1, -0.05) is 36.4 Å². The molecule has 0 fully saturated rings. The third kappa shape index (κ3) is 4.77. The van der Waals surface area contributed by atoms with Crippen LogP contribution in [0.25, 0.3) is 10.9 Å². The lowest BCUT2D eigenvalue weighted by Crippen LogP contribution is -2.35. The number of aromatic nitrogens is 1. The number of amides is 1. The number of H-pyrrole nitrogens is 1. The molecular formula is C23H28N2O2. The number of carbonyl (C=O) groups is 1. The zero-order valence-corrected chi connectivity index (χ0v) is 16.4. The second-order valence-corrected chi connectivity index (χ2v) is 7.10. The smallest absolute Gasteiger partial charge is 0.270 e. The molecule has 0 saturated heterocycles. The Hall–Kier alpha value is -2.59. The summed E-state index contributed by atoms with van der Waals surface area (Å²) in [4.78, 5) is 18.3. The molecule has 2 aromatic carbocycles. The van der Waals surface area contributed by atoms with Gasteiger partial charge < -0.3 is 14.6 Å². The van der Waals surface area contributed by atoms with E-state index in [1.165, 1.54) is 16.7 Å². The maximum Gasteiger partial charge on any atom is 0.270 e. The van der Waals surface area contributed by atoms with Crippen LogP contribution < -0.4 is 0 Å². The zero-order chi connectivity index (χ0) is 19.2.